The molecule has 0 saturated carbocycles. The van der Waals surface area contributed by atoms with Crippen LogP contribution in [-0.4, -0.2) is 42.8 Å². The summed E-state index contributed by atoms with van der Waals surface area (Å²) in [6.07, 6.45) is 2.55. The van der Waals surface area contributed by atoms with Crippen molar-refractivity contribution in [2.24, 2.45) is 0 Å². The first-order valence-electron chi connectivity index (χ1n) is 9.65. The van der Waals surface area contributed by atoms with Gasteiger partial charge >= 0.3 is 0 Å². The first-order valence-corrected chi connectivity index (χ1v) is 11.0. The van der Waals surface area contributed by atoms with Gasteiger partial charge in [0, 0.05) is 47.8 Å². The lowest BCUT2D eigenvalue weighted by Gasteiger charge is -2.32. The highest BCUT2D eigenvalue weighted by Gasteiger charge is 2.20. The third-order valence-electron chi connectivity index (χ3n) is 4.93. The van der Waals surface area contributed by atoms with Crippen molar-refractivity contribution < 1.29 is 9.53 Å². The maximum atomic E-state index is 12.2. The molecule has 1 saturated heterocycles. The average Bonchev–Trinajstić information content (AvgIpc) is 2.72. The molecule has 0 aliphatic carbocycles. The van der Waals surface area contributed by atoms with E-state index in [1.165, 1.54) is 5.56 Å². The van der Waals surface area contributed by atoms with Crippen LogP contribution in [0.5, 0.6) is 5.75 Å². The number of halogens is 1. The summed E-state index contributed by atoms with van der Waals surface area (Å²) in [5.41, 5.74) is 1.28. The number of nitrogens with zero attached hydrogens (tertiary/aromatic N) is 1. The van der Waals surface area contributed by atoms with Gasteiger partial charge in [0.25, 0.3) is 0 Å². The Bertz CT molecular complexity index is 744. The number of methoxy groups -OCH3 is 1. The number of thioether (sulfide) groups is 1. The Morgan fingerprint density at radius 2 is 1.82 bits per heavy atom. The summed E-state index contributed by atoms with van der Waals surface area (Å²) in [5, 5.41) is 3.97. The van der Waals surface area contributed by atoms with Crippen LogP contribution in [0.25, 0.3) is 0 Å². The largest absolute Gasteiger partial charge is 0.497 e. The molecule has 2 aromatic rings. The highest BCUT2D eigenvalue weighted by molar-refractivity contribution is 7.99. The number of nitrogens with one attached hydrogen (secondary N) is 1. The number of rotatable bonds is 8. The minimum absolute atomic E-state index is 0.150. The molecule has 2 aromatic carbocycles. The number of piperidine rings is 1. The Morgan fingerprint density at radius 3 is 2.46 bits per heavy atom. The molecule has 0 unspecified atom stereocenters. The molecule has 4 nitrogen and oxygen atoms in total. The molecule has 3 rings (SSSR count). The van der Waals surface area contributed by atoms with Crippen LogP contribution in [0.4, 0.5) is 0 Å². The van der Waals surface area contributed by atoms with E-state index < -0.39 is 0 Å². The summed E-state index contributed by atoms with van der Waals surface area (Å²) in [6, 6.07) is 16.3. The second-order valence-electron chi connectivity index (χ2n) is 7.02. The third-order valence-corrected chi connectivity index (χ3v) is 6.20. The predicted molar refractivity (Wildman–Crippen MR) is 116 cm³/mol. The number of likely N-dealkylation sites (tertiary alicyclic amines) is 1. The van der Waals surface area contributed by atoms with E-state index in [0.29, 0.717) is 12.5 Å². The highest BCUT2D eigenvalue weighted by atomic mass is 35.5. The fourth-order valence-electron chi connectivity index (χ4n) is 3.32. The van der Waals surface area contributed by atoms with Gasteiger partial charge in [-0.05, 0) is 54.8 Å². The average molecular weight is 419 g/mol. The second kappa shape index (κ2) is 10.7. The maximum Gasteiger partial charge on any atom is 0.221 e. The predicted octanol–water partition coefficient (Wildman–Crippen LogP) is 4.61. The molecule has 0 bridgehead atoms. The molecule has 1 aliphatic heterocycles. The zero-order valence-corrected chi connectivity index (χ0v) is 17.8. The van der Waals surface area contributed by atoms with Gasteiger partial charge in [-0.3, -0.25) is 9.69 Å². The Labute approximate surface area is 176 Å². The van der Waals surface area contributed by atoms with E-state index in [1.807, 2.05) is 36.4 Å². The van der Waals surface area contributed by atoms with E-state index in [9.17, 15) is 4.79 Å². The Hall–Kier alpha value is -1.69. The van der Waals surface area contributed by atoms with Crippen LogP contribution in [0, 0.1) is 0 Å². The molecule has 0 spiro atoms. The molecule has 1 N–H and O–H groups in total. The summed E-state index contributed by atoms with van der Waals surface area (Å²) >= 11 is 7.64. The summed E-state index contributed by atoms with van der Waals surface area (Å²) in [4.78, 5) is 15.8. The molecular weight excluding hydrogens is 392 g/mol. The van der Waals surface area contributed by atoms with Gasteiger partial charge in [-0.2, -0.15) is 0 Å². The first-order chi connectivity index (χ1) is 13.6. The fourth-order valence-corrected chi connectivity index (χ4v) is 4.29. The van der Waals surface area contributed by atoms with E-state index in [1.54, 1.807) is 18.9 Å². The van der Waals surface area contributed by atoms with Gasteiger partial charge in [0.2, 0.25) is 5.91 Å². The number of hydrogen-bond acceptors (Lipinski definition) is 4. The van der Waals surface area contributed by atoms with Crippen LogP contribution < -0.4 is 10.1 Å². The first kappa shape index (κ1) is 21.0. The molecule has 1 amide bonds. The van der Waals surface area contributed by atoms with Gasteiger partial charge in [0.1, 0.15) is 5.75 Å². The third kappa shape index (κ3) is 6.73. The minimum Gasteiger partial charge on any atom is -0.497 e. The minimum atomic E-state index is 0.150. The normalized spacial score (nSPS) is 15.4. The number of carbonyl (C=O) groups excluding carboxylic acids is 1. The van der Waals surface area contributed by atoms with Crippen molar-refractivity contribution in [1.82, 2.24) is 10.2 Å². The summed E-state index contributed by atoms with van der Waals surface area (Å²) in [6.45, 7) is 2.96. The van der Waals surface area contributed by atoms with Crippen LogP contribution in [0.3, 0.4) is 0 Å². The van der Waals surface area contributed by atoms with Crippen LogP contribution in [-0.2, 0) is 11.3 Å². The smallest absolute Gasteiger partial charge is 0.221 e. The van der Waals surface area contributed by atoms with Crippen molar-refractivity contribution in [2.75, 3.05) is 26.0 Å². The van der Waals surface area contributed by atoms with E-state index in [2.05, 4.69) is 22.3 Å². The van der Waals surface area contributed by atoms with Crippen LogP contribution in [0.1, 0.15) is 24.8 Å². The standard InChI is InChI=1S/C22H27ClN2O2S/c1-27-20-6-8-21(9-7-20)28-15-12-22(26)24-19-10-13-25(14-11-19)16-17-2-4-18(23)5-3-17/h2-9,19H,10-16H2,1H3,(H,24,26). The van der Waals surface area contributed by atoms with Gasteiger partial charge < -0.3 is 10.1 Å². The second-order valence-corrected chi connectivity index (χ2v) is 8.62. The highest BCUT2D eigenvalue weighted by Crippen LogP contribution is 2.22. The van der Waals surface area contributed by atoms with Gasteiger partial charge in [0.15, 0.2) is 0 Å². The maximum absolute atomic E-state index is 12.2. The van der Waals surface area contributed by atoms with Crippen molar-refractivity contribution in [2.45, 2.75) is 36.7 Å². The number of carbonyl (C=O) groups is 1. The molecule has 0 radical (unpaired) electrons. The lowest BCUT2D eigenvalue weighted by molar-refractivity contribution is -0.121. The van der Waals surface area contributed by atoms with E-state index in [0.717, 1.165) is 53.9 Å². The number of benzene rings is 2. The number of hydrogen-bond donors (Lipinski definition) is 1. The number of amides is 1. The Morgan fingerprint density at radius 1 is 1.14 bits per heavy atom. The number of ether oxygens (including phenoxy) is 1. The summed E-state index contributed by atoms with van der Waals surface area (Å²) < 4.78 is 5.16. The van der Waals surface area contributed by atoms with Crippen molar-refractivity contribution in [1.29, 1.82) is 0 Å². The quantitative estimate of drug-likeness (QED) is 0.635. The SMILES string of the molecule is COc1ccc(SCCC(=O)NC2CCN(Cc3ccc(Cl)cc3)CC2)cc1. The van der Waals surface area contributed by atoms with Gasteiger partial charge in [-0.1, -0.05) is 23.7 Å². The van der Waals surface area contributed by atoms with E-state index in [4.69, 9.17) is 16.3 Å². The molecule has 28 heavy (non-hydrogen) atoms. The van der Waals surface area contributed by atoms with Gasteiger partial charge in [0.05, 0.1) is 7.11 Å². The van der Waals surface area contributed by atoms with E-state index in [-0.39, 0.29) is 5.91 Å². The summed E-state index contributed by atoms with van der Waals surface area (Å²) in [5.74, 6) is 1.79. The molecule has 0 atom stereocenters. The molecule has 150 valence electrons. The van der Waals surface area contributed by atoms with Crippen LogP contribution in [0.15, 0.2) is 53.4 Å². The van der Waals surface area contributed by atoms with Crippen molar-refractivity contribution in [3.63, 3.8) is 0 Å². The van der Waals surface area contributed by atoms with Gasteiger partial charge in [-0.15, -0.1) is 11.8 Å². The van der Waals surface area contributed by atoms with Crippen LogP contribution in [0.2, 0.25) is 5.02 Å². The topological polar surface area (TPSA) is 41.6 Å². The van der Waals surface area contributed by atoms with E-state index >= 15 is 0 Å². The van der Waals surface area contributed by atoms with Crippen molar-refractivity contribution in [3.8, 4) is 5.75 Å². The molecule has 6 heteroatoms. The zero-order valence-electron chi connectivity index (χ0n) is 16.2. The molecule has 0 aromatic heterocycles. The molecule has 1 fully saturated rings. The molecule has 1 heterocycles. The lowest BCUT2D eigenvalue weighted by Crippen LogP contribution is -2.44. The Kier molecular flexibility index (Phi) is 8.07. The monoisotopic (exact) mass is 418 g/mol. The van der Waals surface area contributed by atoms with Crippen LogP contribution >= 0.6 is 23.4 Å². The Balaban J connectivity index is 1.32. The van der Waals surface area contributed by atoms with Crippen molar-refractivity contribution in [3.05, 3.63) is 59.1 Å². The lowest BCUT2D eigenvalue weighted by atomic mass is 10.0. The fraction of sp³-hybridized carbons (Fsp3) is 0.409. The van der Waals surface area contributed by atoms with Gasteiger partial charge in [-0.25, -0.2) is 0 Å². The zero-order chi connectivity index (χ0) is 19.8. The molecule has 1 aliphatic rings. The summed E-state index contributed by atoms with van der Waals surface area (Å²) in [7, 11) is 1.66. The van der Waals surface area contributed by atoms with Crippen molar-refractivity contribution >= 4 is 29.3 Å². The molecular formula is C22H27ClN2O2S.